The number of nitrogens with zero attached hydrogens (tertiary/aromatic N) is 1. The Morgan fingerprint density at radius 1 is 1.03 bits per heavy atom. The highest BCUT2D eigenvalue weighted by Crippen LogP contribution is 2.44. The molecule has 164 valence electrons. The van der Waals surface area contributed by atoms with E-state index in [0.717, 1.165) is 11.1 Å². The van der Waals surface area contributed by atoms with Gasteiger partial charge in [-0.15, -0.1) is 0 Å². The second kappa shape index (κ2) is 10.6. The Labute approximate surface area is 182 Å². The lowest BCUT2D eigenvalue weighted by Gasteiger charge is -2.20. The number of carbonyl (C=O) groups excluding carboxylic acids is 2. The first-order valence-corrected chi connectivity index (χ1v) is 10.6. The highest BCUT2D eigenvalue weighted by molar-refractivity contribution is 5.81. The number of hydrogen-bond donors (Lipinski definition) is 2. The molecule has 1 aliphatic rings. The van der Waals surface area contributed by atoms with E-state index in [1.165, 1.54) is 16.0 Å². The minimum absolute atomic E-state index is 0.00153. The van der Waals surface area contributed by atoms with Gasteiger partial charge in [-0.1, -0.05) is 55.5 Å². The molecule has 0 saturated heterocycles. The summed E-state index contributed by atoms with van der Waals surface area (Å²) >= 11 is 0. The fourth-order valence-corrected chi connectivity index (χ4v) is 3.96. The molecule has 0 atom stereocenters. The minimum atomic E-state index is -1.03. The van der Waals surface area contributed by atoms with E-state index in [9.17, 15) is 14.4 Å². The van der Waals surface area contributed by atoms with Crippen LogP contribution in [0.5, 0.6) is 0 Å². The third-order valence-electron chi connectivity index (χ3n) is 5.35. The van der Waals surface area contributed by atoms with Gasteiger partial charge in [-0.05, 0) is 35.1 Å². The van der Waals surface area contributed by atoms with Crippen LogP contribution in [0.25, 0.3) is 11.1 Å². The second-order valence-electron chi connectivity index (χ2n) is 7.56. The van der Waals surface area contributed by atoms with Crippen LogP contribution in [-0.4, -0.2) is 54.2 Å². The van der Waals surface area contributed by atoms with Crippen LogP contribution in [0.3, 0.4) is 0 Å². The number of amides is 2. The summed E-state index contributed by atoms with van der Waals surface area (Å²) in [7, 11) is 0. The number of aliphatic carboxylic acids is 1. The van der Waals surface area contributed by atoms with E-state index in [-0.39, 0.29) is 37.9 Å². The van der Waals surface area contributed by atoms with Crippen molar-refractivity contribution in [3.8, 4) is 11.1 Å². The van der Waals surface area contributed by atoms with Crippen LogP contribution in [0, 0.1) is 0 Å². The Bertz CT molecular complexity index is 898. The van der Waals surface area contributed by atoms with Crippen molar-refractivity contribution in [2.45, 2.75) is 32.1 Å². The maximum absolute atomic E-state index is 12.2. The van der Waals surface area contributed by atoms with Crippen LogP contribution in [-0.2, 0) is 14.3 Å². The number of hydrogen-bond acceptors (Lipinski definition) is 4. The molecule has 7 nitrogen and oxygen atoms in total. The van der Waals surface area contributed by atoms with Crippen molar-refractivity contribution >= 4 is 18.0 Å². The Kier molecular flexibility index (Phi) is 7.65. The van der Waals surface area contributed by atoms with Crippen LogP contribution in [0.15, 0.2) is 48.5 Å². The van der Waals surface area contributed by atoms with Crippen molar-refractivity contribution in [2.24, 2.45) is 0 Å². The Morgan fingerprint density at radius 2 is 1.65 bits per heavy atom. The maximum atomic E-state index is 12.2. The van der Waals surface area contributed by atoms with E-state index in [2.05, 4.69) is 29.6 Å². The molecule has 0 spiro atoms. The van der Waals surface area contributed by atoms with Crippen molar-refractivity contribution in [3.05, 3.63) is 59.7 Å². The third kappa shape index (κ3) is 5.63. The molecule has 0 bridgehead atoms. The number of carboxylic acids is 1. The van der Waals surface area contributed by atoms with Crippen molar-refractivity contribution in [1.82, 2.24) is 10.2 Å². The molecular formula is C24H28N2O5. The van der Waals surface area contributed by atoms with E-state index in [0.29, 0.717) is 19.4 Å². The predicted octanol–water partition coefficient (Wildman–Crippen LogP) is 3.63. The number of ether oxygens (including phenoxy) is 1. The molecule has 2 aromatic rings. The summed E-state index contributed by atoms with van der Waals surface area (Å²) in [5.74, 6) is -1.25. The van der Waals surface area contributed by atoms with Gasteiger partial charge in [0.25, 0.3) is 0 Å². The molecule has 0 radical (unpaired) electrons. The van der Waals surface area contributed by atoms with Crippen LogP contribution in [0.2, 0.25) is 0 Å². The molecule has 0 aliphatic heterocycles. The molecule has 31 heavy (non-hydrogen) atoms. The van der Waals surface area contributed by atoms with Gasteiger partial charge in [-0.2, -0.15) is 0 Å². The SMILES string of the molecule is CCCN(CC(=O)O)C(=O)CCCNC(=O)OCC1c2ccccc2-c2ccccc21. The molecule has 0 unspecified atom stereocenters. The molecule has 0 saturated carbocycles. The lowest BCUT2D eigenvalue weighted by atomic mass is 9.98. The van der Waals surface area contributed by atoms with Crippen molar-refractivity contribution in [2.75, 3.05) is 26.2 Å². The third-order valence-corrected chi connectivity index (χ3v) is 5.35. The summed E-state index contributed by atoms with van der Waals surface area (Å²) in [5.41, 5.74) is 4.64. The van der Waals surface area contributed by atoms with Gasteiger partial charge in [0.05, 0.1) is 0 Å². The first-order chi connectivity index (χ1) is 15.0. The molecule has 7 heteroatoms. The van der Waals surface area contributed by atoms with Gasteiger partial charge >= 0.3 is 12.1 Å². The van der Waals surface area contributed by atoms with E-state index in [4.69, 9.17) is 9.84 Å². The molecule has 3 rings (SSSR count). The van der Waals surface area contributed by atoms with Crippen LogP contribution >= 0.6 is 0 Å². The number of carboxylic acid groups (broad SMARTS) is 1. The van der Waals surface area contributed by atoms with Gasteiger partial charge in [0.2, 0.25) is 5.91 Å². The van der Waals surface area contributed by atoms with Gasteiger partial charge in [0, 0.05) is 25.4 Å². The van der Waals surface area contributed by atoms with Crippen LogP contribution < -0.4 is 5.32 Å². The number of nitrogens with one attached hydrogen (secondary N) is 1. The topological polar surface area (TPSA) is 95.9 Å². The van der Waals surface area contributed by atoms with Crippen LogP contribution in [0.1, 0.15) is 43.2 Å². The summed E-state index contributed by atoms with van der Waals surface area (Å²) in [4.78, 5) is 36.5. The lowest BCUT2D eigenvalue weighted by molar-refractivity contribution is -0.144. The van der Waals surface area contributed by atoms with Gasteiger partial charge in [0.1, 0.15) is 13.2 Å². The molecule has 0 aromatic heterocycles. The fourth-order valence-electron chi connectivity index (χ4n) is 3.96. The normalized spacial score (nSPS) is 12.0. The van der Waals surface area contributed by atoms with Crippen molar-refractivity contribution in [1.29, 1.82) is 0 Å². The average Bonchev–Trinajstić information content (AvgIpc) is 3.08. The number of alkyl carbamates (subject to hydrolysis) is 1. The monoisotopic (exact) mass is 424 g/mol. The lowest BCUT2D eigenvalue weighted by Crippen LogP contribution is -2.36. The first kappa shape index (κ1) is 22.3. The smallest absolute Gasteiger partial charge is 0.407 e. The quantitative estimate of drug-likeness (QED) is 0.568. The van der Waals surface area contributed by atoms with E-state index < -0.39 is 12.1 Å². The predicted molar refractivity (Wildman–Crippen MR) is 117 cm³/mol. The molecule has 2 N–H and O–H groups in total. The largest absolute Gasteiger partial charge is 0.480 e. The Hall–Kier alpha value is -3.35. The van der Waals surface area contributed by atoms with Gasteiger partial charge in [-0.3, -0.25) is 9.59 Å². The number of fused-ring (bicyclic) bond motifs is 3. The summed E-state index contributed by atoms with van der Waals surface area (Å²) in [6, 6.07) is 16.3. The summed E-state index contributed by atoms with van der Waals surface area (Å²) in [6.07, 6.45) is 0.766. The first-order valence-electron chi connectivity index (χ1n) is 10.6. The number of rotatable bonds is 10. The minimum Gasteiger partial charge on any atom is -0.480 e. The zero-order chi connectivity index (χ0) is 22.2. The van der Waals surface area contributed by atoms with Gasteiger partial charge in [0.15, 0.2) is 0 Å². The Balaban J connectivity index is 1.45. The van der Waals surface area contributed by atoms with E-state index in [1.54, 1.807) is 0 Å². The van der Waals surface area contributed by atoms with Gasteiger partial charge in [-0.25, -0.2) is 4.79 Å². The zero-order valence-corrected chi connectivity index (χ0v) is 17.7. The highest BCUT2D eigenvalue weighted by atomic mass is 16.5. The summed E-state index contributed by atoms with van der Waals surface area (Å²) in [5, 5.41) is 11.6. The molecule has 0 fully saturated rings. The molecule has 1 aliphatic carbocycles. The highest BCUT2D eigenvalue weighted by Gasteiger charge is 2.28. The summed E-state index contributed by atoms with van der Waals surface area (Å²) < 4.78 is 5.46. The number of carbonyl (C=O) groups is 3. The zero-order valence-electron chi connectivity index (χ0n) is 17.7. The van der Waals surface area contributed by atoms with Crippen molar-refractivity contribution < 1.29 is 24.2 Å². The molecule has 0 heterocycles. The van der Waals surface area contributed by atoms with E-state index >= 15 is 0 Å². The van der Waals surface area contributed by atoms with E-state index in [1.807, 2.05) is 31.2 Å². The van der Waals surface area contributed by atoms with Gasteiger partial charge < -0.3 is 20.1 Å². The average molecular weight is 424 g/mol. The van der Waals surface area contributed by atoms with Crippen molar-refractivity contribution in [3.63, 3.8) is 0 Å². The maximum Gasteiger partial charge on any atom is 0.407 e. The molecular weight excluding hydrogens is 396 g/mol. The number of benzene rings is 2. The van der Waals surface area contributed by atoms with Crippen LogP contribution in [0.4, 0.5) is 4.79 Å². The standard InChI is InChI=1S/C24H28N2O5/c1-2-14-26(15-23(28)29)22(27)12-7-13-25-24(30)31-16-21-19-10-5-3-8-17(19)18-9-4-6-11-20(18)21/h3-6,8-11,21H,2,7,12-16H2,1H3,(H,25,30)(H,28,29). The second-order valence-corrected chi connectivity index (χ2v) is 7.56. The Morgan fingerprint density at radius 3 is 2.23 bits per heavy atom. The fraction of sp³-hybridized carbons (Fsp3) is 0.375. The molecule has 2 aromatic carbocycles. The summed E-state index contributed by atoms with van der Waals surface area (Å²) in [6.45, 7) is 2.52. The molecule has 2 amide bonds.